The second-order valence-electron chi connectivity index (χ2n) is 4.44. The Morgan fingerprint density at radius 2 is 2.00 bits per heavy atom. The topological polar surface area (TPSA) is 21.3 Å². The van der Waals surface area contributed by atoms with Gasteiger partial charge in [0, 0.05) is 25.6 Å². The Balaban J connectivity index is 3.13. The fraction of sp³-hybridized carbons (Fsp3) is 1.00. The molecule has 0 aliphatic heterocycles. The molecule has 0 aliphatic rings. The summed E-state index contributed by atoms with van der Waals surface area (Å²) in [5.74, 6) is 0.691. The van der Waals surface area contributed by atoms with Gasteiger partial charge in [0.15, 0.2) is 0 Å². The molecule has 0 saturated carbocycles. The van der Waals surface area contributed by atoms with Crippen LogP contribution in [0.25, 0.3) is 0 Å². The molecule has 2 nitrogen and oxygen atoms in total. The molecule has 0 amide bonds. The molecule has 0 unspecified atom stereocenters. The maximum atomic E-state index is 5.80. The van der Waals surface area contributed by atoms with Crippen LogP contribution in [0.15, 0.2) is 0 Å². The van der Waals surface area contributed by atoms with Gasteiger partial charge in [-0.2, -0.15) is 0 Å². The summed E-state index contributed by atoms with van der Waals surface area (Å²) in [6, 6.07) is 0. The third-order valence-electron chi connectivity index (χ3n) is 2.03. The molecule has 0 aromatic heterocycles. The van der Waals surface area contributed by atoms with E-state index in [9.17, 15) is 0 Å². The summed E-state index contributed by atoms with van der Waals surface area (Å²) < 4.78 is 5.43. The predicted octanol–water partition coefficient (Wildman–Crippen LogP) is 2.66. The van der Waals surface area contributed by atoms with Gasteiger partial charge in [-0.25, -0.2) is 0 Å². The molecule has 0 radical (unpaired) electrons. The molecule has 3 heteroatoms. The van der Waals surface area contributed by atoms with Crippen molar-refractivity contribution in [3.8, 4) is 0 Å². The van der Waals surface area contributed by atoms with Crippen molar-refractivity contribution in [3.05, 3.63) is 0 Å². The van der Waals surface area contributed by atoms with E-state index in [0.29, 0.717) is 5.88 Å². The monoisotopic (exact) mass is 221 g/mol. The summed E-state index contributed by atoms with van der Waals surface area (Å²) in [4.78, 5) is 0. The first-order valence-electron chi connectivity index (χ1n) is 5.47. The number of nitrogens with one attached hydrogen (secondary N) is 1. The van der Waals surface area contributed by atoms with Crippen molar-refractivity contribution in [1.29, 1.82) is 0 Å². The molecule has 0 spiro atoms. The lowest BCUT2D eigenvalue weighted by Gasteiger charge is -2.21. The molecule has 0 saturated heterocycles. The summed E-state index contributed by atoms with van der Waals surface area (Å²) in [6.07, 6.45) is 2.36. The molecule has 0 bridgehead atoms. The molecule has 0 aliphatic carbocycles. The standard InChI is InChI=1S/C11H24ClNO/c1-4-5-7-14-8-6-13-10-11(2,3)9-12/h13H,4-10H2,1-3H3. The zero-order chi connectivity index (χ0) is 10.9. The highest BCUT2D eigenvalue weighted by Gasteiger charge is 2.14. The second kappa shape index (κ2) is 8.51. The van der Waals surface area contributed by atoms with Crippen LogP contribution in [0.2, 0.25) is 0 Å². The largest absolute Gasteiger partial charge is 0.380 e. The quantitative estimate of drug-likeness (QED) is 0.478. The summed E-state index contributed by atoms with van der Waals surface area (Å²) in [6.45, 7) is 10.0. The first-order valence-corrected chi connectivity index (χ1v) is 6.00. The van der Waals surface area contributed by atoms with Crippen molar-refractivity contribution in [2.45, 2.75) is 33.6 Å². The van der Waals surface area contributed by atoms with Crippen LogP contribution in [0.1, 0.15) is 33.6 Å². The van der Waals surface area contributed by atoms with Gasteiger partial charge in [0.2, 0.25) is 0 Å². The van der Waals surface area contributed by atoms with E-state index in [4.69, 9.17) is 16.3 Å². The van der Waals surface area contributed by atoms with Gasteiger partial charge in [0.05, 0.1) is 6.61 Å². The molecule has 1 N–H and O–H groups in total. The maximum Gasteiger partial charge on any atom is 0.0590 e. The van der Waals surface area contributed by atoms with Crippen molar-refractivity contribution < 1.29 is 4.74 Å². The normalized spacial score (nSPS) is 12.0. The summed E-state index contributed by atoms with van der Waals surface area (Å²) >= 11 is 5.80. The van der Waals surface area contributed by atoms with E-state index in [0.717, 1.165) is 32.7 Å². The van der Waals surface area contributed by atoms with Crippen LogP contribution in [0.5, 0.6) is 0 Å². The lowest BCUT2D eigenvalue weighted by molar-refractivity contribution is 0.131. The van der Waals surface area contributed by atoms with E-state index in [1.807, 2.05) is 0 Å². The lowest BCUT2D eigenvalue weighted by atomic mass is 9.97. The minimum atomic E-state index is 0.185. The van der Waals surface area contributed by atoms with Gasteiger partial charge in [-0.15, -0.1) is 11.6 Å². The van der Waals surface area contributed by atoms with Crippen molar-refractivity contribution in [3.63, 3.8) is 0 Å². The molecule has 0 fully saturated rings. The lowest BCUT2D eigenvalue weighted by Crippen LogP contribution is -2.32. The number of rotatable bonds is 9. The molecule has 14 heavy (non-hydrogen) atoms. The zero-order valence-corrected chi connectivity index (χ0v) is 10.5. The number of ether oxygens (including phenoxy) is 1. The Bertz CT molecular complexity index is 128. The first-order chi connectivity index (χ1) is 6.62. The summed E-state index contributed by atoms with van der Waals surface area (Å²) in [5.41, 5.74) is 0.185. The van der Waals surface area contributed by atoms with Crippen molar-refractivity contribution in [2.24, 2.45) is 5.41 Å². The maximum absolute atomic E-state index is 5.80. The van der Waals surface area contributed by atoms with E-state index < -0.39 is 0 Å². The molecular weight excluding hydrogens is 198 g/mol. The number of unbranched alkanes of at least 4 members (excludes halogenated alkanes) is 1. The predicted molar refractivity (Wildman–Crippen MR) is 63.1 cm³/mol. The molecule has 0 heterocycles. The first kappa shape index (κ1) is 14.2. The number of alkyl halides is 1. The van der Waals surface area contributed by atoms with Crippen molar-refractivity contribution in [2.75, 3.05) is 32.2 Å². The number of hydrogen-bond acceptors (Lipinski definition) is 2. The Labute approximate surface area is 93.4 Å². The molecule has 0 rings (SSSR count). The van der Waals surface area contributed by atoms with E-state index >= 15 is 0 Å². The average molecular weight is 222 g/mol. The van der Waals surface area contributed by atoms with Gasteiger partial charge in [-0.1, -0.05) is 27.2 Å². The SMILES string of the molecule is CCCCOCCNCC(C)(C)CCl. The smallest absolute Gasteiger partial charge is 0.0590 e. The highest BCUT2D eigenvalue weighted by molar-refractivity contribution is 6.18. The highest BCUT2D eigenvalue weighted by atomic mass is 35.5. The number of hydrogen-bond donors (Lipinski definition) is 1. The van der Waals surface area contributed by atoms with Crippen LogP contribution in [-0.4, -0.2) is 32.2 Å². The zero-order valence-electron chi connectivity index (χ0n) is 9.74. The van der Waals surface area contributed by atoms with E-state index in [1.165, 1.54) is 6.42 Å². The van der Waals surface area contributed by atoms with Crippen molar-refractivity contribution in [1.82, 2.24) is 5.32 Å². The van der Waals surface area contributed by atoms with E-state index in [-0.39, 0.29) is 5.41 Å². The van der Waals surface area contributed by atoms with Crippen molar-refractivity contribution >= 4 is 11.6 Å². The molecule has 0 atom stereocenters. The van der Waals surface area contributed by atoms with E-state index in [2.05, 4.69) is 26.1 Å². The molecular formula is C11H24ClNO. The fourth-order valence-corrected chi connectivity index (χ4v) is 1.06. The second-order valence-corrected chi connectivity index (χ2v) is 4.71. The Hall–Kier alpha value is 0.210. The molecule has 86 valence electrons. The van der Waals surface area contributed by atoms with Gasteiger partial charge in [0.1, 0.15) is 0 Å². The van der Waals surface area contributed by atoms with Gasteiger partial charge >= 0.3 is 0 Å². The van der Waals surface area contributed by atoms with E-state index in [1.54, 1.807) is 0 Å². The molecule has 0 aromatic carbocycles. The highest BCUT2D eigenvalue weighted by Crippen LogP contribution is 2.14. The Morgan fingerprint density at radius 3 is 2.57 bits per heavy atom. The van der Waals surface area contributed by atoms with Crippen LogP contribution < -0.4 is 5.32 Å². The fourth-order valence-electron chi connectivity index (χ4n) is 0.967. The minimum absolute atomic E-state index is 0.185. The van der Waals surface area contributed by atoms with Crippen LogP contribution in [0, 0.1) is 5.41 Å². The molecule has 0 aromatic rings. The minimum Gasteiger partial charge on any atom is -0.380 e. The van der Waals surface area contributed by atoms with Crippen LogP contribution in [0.3, 0.4) is 0 Å². The van der Waals surface area contributed by atoms with Crippen LogP contribution >= 0.6 is 11.6 Å². The van der Waals surface area contributed by atoms with Crippen LogP contribution in [-0.2, 0) is 4.74 Å². The number of halogens is 1. The van der Waals surface area contributed by atoms with Gasteiger partial charge in [-0.05, 0) is 11.8 Å². The summed E-state index contributed by atoms with van der Waals surface area (Å²) in [5, 5.41) is 3.34. The van der Waals surface area contributed by atoms with Gasteiger partial charge in [0.25, 0.3) is 0 Å². The summed E-state index contributed by atoms with van der Waals surface area (Å²) in [7, 11) is 0. The van der Waals surface area contributed by atoms with Gasteiger partial charge in [-0.3, -0.25) is 0 Å². The Morgan fingerprint density at radius 1 is 1.29 bits per heavy atom. The third-order valence-corrected chi connectivity index (χ3v) is 2.75. The average Bonchev–Trinajstić information content (AvgIpc) is 2.16. The van der Waals surface area contributed by atoms with Crippen LogP contribution in [0.4, 0.5) is 0 Å². The Kier molecular flexibility index (Phi) is 8.64. The van der Waals surface area contributed by atoms with Gasteiger partial charge < -0.3 is 10.1 Å². The third kappa shape index (κ3) is 8.79.